The Morgan fingerprint density at radius 3 is 2.79 bits per heavy atom. The highest BCUT2D eigenvalue weighted by Gasteiger charge is 2.07. The van der Waals surface area contributed by atoms with Crippen molar-refractivity contribution in [3.63, 3.8) is 0 Å². The summed E-state index contributed by atoms with van der Waals surface area (Å²) in [4.78, 5) is 19.8. The van der Waals surface area contributed by atoms with E-state index < -0.39 is 0 Å². The van der Waals surface area contributed by atoms with Crippen LogP contribution in [0, 0.1) is 0 Å². The van der Waals surface area contributed by atoms with Crippen LogP contribution in [0.1, 0.15) is 17.8 Å². The molecule has 2 N–H and O–H groups in total. The van der Waals surface area contributed by atoms with Gasteiger partial charge in [-0.15, -0.1) is 0 Å². The monoisotopic (exact) mass is 374 g/mol. The molecule has 2 aromatic heterocycles. The molecule has 0 saturated carbocycles. The van der Waals surface area contributed by atoms with E-state index in [4.69, 9.17) is 4.74 Å². The Kier molecular flexibility index (Phi) is 5.10. The minimum Gasteiger partial charge on any atom is -0.486 e. The van der Waals surface area contributed by atoms with Gasteiger partial charge in [-0.2, -0.15) is 0 Å². The second-order valence-corrected chi connectivity index (χ2v) is 6.68. The van der Waals surface area contributed by atoms with E-state index >= 15 is 0 Å². The number of imidazole rings is 1. The molecule has 1 amide bonds. The lowest BCUT2D eigenvalue weighted by Crippen LogP contribution is -2.12. The summed E-state index contributed by atoms with van der Waals surface area (Å²) in [5.41, 5.74) is 3.01. The van der Waals surface area contributed by atoms with Crippen LogP contribution < -0.4 is 10.1 Å². The van der Waals surface area contributed by atoms with Crippen molar-refractivity contribution in [2.75, 3.05) is 5.32 Å². The van der Waals surface area contributed by atoms with Crippen LogP contribution >= 0.6 is 0 Å². The Labute approximate surface area is 163 Å². The SMILES string of the molecule is Cn1ccnc1COc1ccc(NC(=O)CCc2c[nH]c3ccccc23)cc1. The molecule has 0 spiro atoms. The van der Waals surface area contributed by atoms with Gasteiger partial charge in [0.15, 0.2) is 0 Å². The van der Waals surface area contributed by atoms with Gasteiger partial charge >= 0.3 is 0 Å². The fourth-order valence-corrected chi connectivity index (χ4v) is 3.13. The molecule has 2 heterocycles. The number of nitrogens with zero attached hydrogens (tertiary/aromatic N) is 2. The highest BCUT2D eigenvalue weighted by molar-refractivity contribution is 5.91. The number of carbonyl (C=O) groups excluding carboxylic acids is 1. The maximum absolute atomic E-state index is 12.3. The van der Waals surface area contributed by atoms with Gasteiger partial charge in [-0.05, 0) is 42.3 Å². The Morgan fingerprint density at radius 1 is 1.18 bits per heavy atom. The van der Waals surface area contributed by atoms with Crippen molar-refractivity contribution in [3.8, 4) is 5.75 Å². The topological polar surface area (TPSA) is 71.9 Å². The van der Waals surface area contributed by atoms with Crippen LogP contribution in [0.2, 0.25) is 0 Å². The Balaban J connectivity index is 1.29. The fraction of sp³-hybridized carbons (Fsp3) is 0.182. The molecular weight excluding hydrogens is 352 g/mol. The lowest BCUT2D eigenvalue weighted by Gasteiger charge is -2.08. The predicted molar refractivity (Wildman–Crippen MR) is 109 cm³/mol. The third-order valence-corrected chi connectivity index (χ3v) is 4.72. The quantitative estimate of drug-likeness (QED) is 0.513. The van der Waals surface area contributed by atoms with Crippen LogP contribution in [0.3, 0.4) is 0 Å². The van der Waals surface area contributed by atoms with Crippen LogP contribution in [-0.2, 0) is 24.9 Å². The molecule has 4 aromatic rings. The van der Waals surface area contributed by atoms with Crippen LogP contribution in [0.25, 0.3) is 10.9 Å². The second-order valence-electron chi connectivity index (χ2n) is 6.68. The normalized spacial score (nSPS) is 10.9. The Hall–Kier alpha value is -3.54. The maximum Gasteiger partial charge on any atom is 0.224 e. The third-order valence-electron chi connectivity index (χ3n) is 4.72. The van der Waals surface area contributed by atoms with Crippen molar-refractivity contribution in [1.29, 1.82) is 0 Å². The summed E-state index contributed by atoms with van der Waals surface area (Å²) in [6, 6.07) is 15.5. The molecule has 0 atom stereocenters. The lowest BCUT2D eigenvalue weighted by atomic mass is 10.1. The number of aromatic amines is 1. The van der Waals surface area contributed by atoms with E-state index in [2.05, 4.69) is 21.4 Å². The molecule has 0 fully saturated rings. The second kappa shape index (κ2) is 8.00. The Bertz CT molecular complexity index is 1080. The van der Waals surface area contributed by atoms with Gasteiger partial charge in [-0.25, -0.2) is 4.98 Å². The number of carbonyl (C=O) groups is 1. The van der Waals surface area contributed by atoms with Gasteiger partial charge in [0.25, 0.3) is 0 Å². The third kappa shape index (κ3) is 4.06. The molecular formula is C22H22N4O2. The first kappa shape index (κ1) is 17.9. The minimum absolute atomic E-state index is 0.00744. The fourth-order valence-electron chi connectivity index (χ4n) is 3.13. The van der Waals surface area contributed by atoms with Crippen molar-refractivity contribution in [2.45, 2.75) is 19.4 Å². The summed E-state index contributed by atoms with van der Waals surface area (Å²) < 4.78 is 7.65. The summed E-state index contributed by atoms with van der Waals surface area (Å²) in [5, 5.41) is 4.11. The zero-order chi connectivity index (χ0) is 19.3. The highest BCUT2D eigenvalue weighted by Crippen LogP contribution is 2.20. The van der Waals surface area contributed by atoms with Crippen LogP contribution in [0.4, 0.5) is 5.69 Å². The van der Waals surface area contributed by atoms with Crippen LogP contribution in [0.15, 0.2) is 67.1 Å². The largest absolute Gasteiger partial charge is 0.486 e. The number of aryl methyl sites for hydroxylation is 2. The highest BCUT2D eigenvalue weighted by atomic mass is 16.5. The average Bonchev–Trinajstić information content (AvgIpc) is 3.32. The Morgan fingerprint density at radius 2 is 2.00 bits per heavy atom. The summed E-state index contributed by atoms with van der Waals surface area (Å²) in [7, 11) is 1.93. The first-order valence-corrected chi connectivity index (χ1v) is 9.23. The standard InChI is InChI=1S/C22H22N4O2/c1-26-13-12-23-21(26)15-28-18-9-7-17(8-10-18)25-22(27)11-6-16-14-24-20-5-3-2-4-19(16)20/h2-5,7-10,12-14,24H,6,11,15H2,1H3,(H,25,27). The number of ether oxygens (including phenoxy) is 1. The molecule has 4 rings (SSSR count). The van der Waals surface area contributed by atoms with Gasteiger partial charge in [0.05, 0.1) is 0 Å². The van der Waals surface area contributed by atoms with Gasteiger partial charge in [-0.3, -0.25) is 4.79 Å². The number of H-pyrrole nitrogens is 1. The predicted octanol–water partition coefficient (Wildman–Crippen LogP) is 4.05. The summed E-state index contributed by atoms with van der Waals surface area (Å²) >= 11 is 0. The number of hydrogen-bond acceptors (Lipinski definition) is 3. The zero-order valence-corrected chi connectivity index (χ0v) is 15.7. The number of benzene rings is 2. The van der Waals surface area contributed by atoms with Crippen molar-refractivity contribution in [2.24, 2.45) is 7.05 Å². The van der Waals surface area contributed by atoms with E-state index in [1.807, 2.05) is 66.5 Å². The van der Waals surface area contributed by atoms with E-state index in [0.717, 1.165) is 28.3 Å². The van der Waals surface area contributed by atoms with Gasteiger partial charge in [0, 0.05) is 48.6 Å². The smallest absolute Gasteiger partial charge is 0.224 e. The number of nitrogens with one attached hydrogen (secondary N) is 2. The average molecular weight is 374 g/mol. The molecule has 2 aromatic carbocycles. The first-order chi connectivity index (χ1) is 13.7. The van der Waals surface area contributed by atoms with Crippen LogP contribution in [-0.4, -0.2) is 20.4 Å². The van der Waals surface area contributed by atoms with E-state index in [-0.39, 0.29) is 5.91 Å². The summed E-state index contributed by atoms with van der Waals surface area (Å²) in [6.07, 6.45) is 6.73. The number of rotatable bonds is 7. The van der Waals surface area contributed by atoms with E-state index in [1.165, 1.54) is 5.39 Å². The lowest BCUT2D eigenvalue weighted by molar-refractivity contribution is -0.116. The molecule has 6 heteroatoms. The van der Waals surface area contributed by atoms with E-state index in [1.54, 1.807) is 6.20 Å². The van der Waals surface area contributed by atoms with E-state index in [0.29, 0.717) is 19.4 Å². The molecule has 0 unspecified atom stereocenters. The zero-order valence-electron chi connectivity index (χ0n) is 15.7. The molecule has 0 bridgehead atoms. The van der Waals surface area contributed by atoms with Gasteiger partial charge in [-0.1, -0.05) is 18.2 Å². The number of anilines is 1. The summed E-state index contributed by atoms with van der Waals surface area (Å²) in [5.74, 6) is 1.58. The van der Waals surface area contributed by atoms with E-state index in [9.17, 15) is 4.79 Å². The van der Waals surface area contributed by atoms with Crippen molar-refractivity contribution >= 4 is 22.5 Å². The molecule has 0 aliphatic carbocycles. The van der Waals surface area contributed by atoms with Crippen molar-refractivity contribution in [3.05, 3.63) is 78.5 Å². The molecule has 0 saturated heterocycles. The van der Waals surface area contributed by atoms with Crippen molar-refractivity contribution in [1.82, 2.24) is 14.5 Å². The molecule has 6 nitrogen and oxygen atoms in total. The van der Waals surface area contributed by atoms with Gasteiger partial charge < -0.3 is 19.6 Å². The molecule has 0 radical (unpaired) electrons. The molecule has 28 heavy (non-hydrogen) atoms. The number of amides is 1. The first-order valence-electron chi connectivity index (χ1n) is 9.23. The molecule has 0 aliphatic rings. The van der Waals surface area contributed by atoms with Crippen LogP contribution in [0.5, 0.6) is 5.75 Å². The number of aromatic nitrogens is 3. The molecule has 0 aliphatic heterocycles. The van der Waals surface area contributed by atoms with Gasteiger partial charge in [0.1, 0.15) is 18.2 Å². The summed E-state index contributed by atoms with van der Waals surface area (Å²) in [6.45, 7) is 0.403. The van der Waals surface area contributed by atoms with Crippen molar-refractivity contribution < 1.29 is 9.53 Å². The number of hydrogen-bond donors (Lipinski definition) is 2. The van der Waals surface area contributed by atoms with Gasteiger partial charge in [0.2, 0.25) is 5.91 Å². The number of fused-ring (bicyclic) bond motifs is 1. The number of para-hydroxylation sites is 1. The molecule has 142 valence electrons. The minimum atomic E-state index is -0.00744. The maximum atomic E-state index is 12.3.